The Morgan fingerprint density at radius 2 is 1.70 bits per heavy atom. The number of rotatable bonds is 8. The third kappa shape index (κ3) is 6.56. The number of benzene rings is 2. The third-order valence-corrected chi connectivity index (χ3v) is 8.13. The SMILES string of the molecule is Cc1ccc(S(=O)(=O)O[C@H](C)CCC2CCC(Oc3ccc(Br)c(C)c3)CC2)cc1. The van der Waals surface area contributed by atoms with Crippen LogP contribution < -0.4 is 4.74 Å². The van der Waals surface area contributed by atoms with Crippen LogP contribution in [0.1, 0.15) is 56.6 Å². The fourth-order valence-electron chi connectivity index (χ4n) is 3.92. The largest absolute Gasteiger partial charge is 0.490 e. The van der Waals surface area contributed by atoms with Gasteiger partial charge in [-0.1, -0.05) is 33.6 Å². The summed E-state index contributed by atoms with van der Waals surface area (Å²) < 4.78 is 37.5. The Morgan fingerprint density at radius 3 is 2.33 bits per heavy atom. The van der Waals surface area contributed by atoms with Crippen molar-refractivity contribution >= 4 is 26.0 Å². The van der Waals surface area contributed by atoms with E-state index in [-0.39, 0.29) is 17.1 Å². The molecule has 1 aliphatic rings. The minimum atomic E-state index is -3.70. The first-order chi connectivity index (χ1) is 14.2. The monoisotopic (exact) mass is 494 g/mol. The molecule has 0 bridgehead atoms. The predicted octanol–water partition coefficient (Wildman–Crippen LogP) is 6.58. The van der Waals surface area contributed by atoms with Crippen LogP contribution in [0.25, 0.3) is 0 Å². The molecule has 0 saturated heterocycles. The molecule has 4 nitrogen and oxygen atoms in total. The van der Waals surface area contributed by atoms with Crippen molar-refractivity contribution in [1.82, 2.24) is 0 Å². The van der Waals surface area contributed by atoms with E-state index < -0.39 is 10.1 Å². The summed E-state index contributed by atoms with van der Waals surface area (Å²) in [6, 6.07) is 12.9. The van der Waals surface area contributed by atoms with Gasteiger partial charge in [0, 0.05) is 4.47 Å². The molecule has 1 aliphatic carbocycles. The minimum Gasteiger partial charge on any atom is -0.490 e. The Morgan fingerprint density at radius 1 is 1.03 bits per heavy atom. The van der Waals surface area contributed by atoms with E-state index in [4.69, 9.17) is 8.92 Å². The summed E-state index contributed by atoms with van der Waals surface area (Å²) in [7, 11) is -3.70. The highest BCUT2D eigenvalue weighted by atomic mass is 79.9. The molecule has 0 radical (unpaired) electrons. The van der Waals surface area contributed by atoms with E-state index >= 15 is 0 Å². The zero-order chi connectivity index (χ0) is 21.7. The Balaban J connectivity index is 1.41. The summed E-state index contributed by atoms with van der Waals surface area (Å²) in [4.78, 5) is 0.223. The molecule has 3 rings (SSSR count). The van der Waals surface area contributed by atoms with Gasteiger partial charge in [0.2, 0.25) is 0 Å². The Hall–Kier alpha value is -1.37. The number of aryl methyl sites for hydroxylation is 2. The van der Waals surface area contributed by atoms with Crippen LogP contribution in [0.4, 0.5) is 0 Å². The fraction of sp³-hybridized carbons (Fsp3) is 0.500. The second kappa shape index (κ2) is 10.3. The molecule has 2 aromatic rings. The average molecular weight is 495 g/mol. The van der Waals surface area contributed by atoms with Crippen molar-refractivity contribution in [1.29, 1.82) is 0 Å². The van der Waals surface area contributed by atoms with E-state index in [9.17, 15) is 8.42 Å². The smallest absolute Gasteiger partial charge is 0.297 e. The second-order valence-corrected chi connectivity index (χ2v) is 10.8. The van der Waals surface area contributed by atoms with Crippen LogP contribution in [0.2, 0.25) is 0 Å². The predicted molar refractivity (Wildman–Crippen MR) is 123 cm³/mol. The molecule has 0 aliphatic heterocycles. The van der Waals surface area contributed by atoms with Crippen LogP contribution in [0.15, 0.2) is 51.8 Å². The molecule has 1 fully saturated rings. The van der Waals surface area contributed by atoms with Crippen LogP contribution in [0.3, 0.4) is 0 Å². The van der Waals surface area contributed by atoms with Gasteiger partial charge in [-0.2, -0.15) is 8.42 Å². The van der Waals surface area contributed by atoms with Gasteiger partial charge in [-0.25, -0.2) is 0 Å². The Kier molecular flexibility index (Phi) is 7.99. The summed E-state index contributed by atoms with van der Waals surface area (Å²) in [6.45, 7) is 5.84. The molecule has 0 spiro atoms. The first-order valence-electron chi connectivity index (χ1n) is 10.7. The summed E-state index contributed by atoms with van der Waals surface area (Å²) >= 11 is 3.52. The highest BCUT2D eigenvalue weighted by Gasteiger charge is 2.24. The molecule has 0 amide bonds. The van der Waals surface area contributed by atoms with Gasteiger partial charge in [0.1, 0.15) is 5.75 Å². The first kappa shape index (κ1) is 23.3. The van der Waals surface area contributed by atoms with Gasteiger partial charge in [-0.05, 0) is 101 Å². The molecule has 1 atom stereocenters. The molecular formula is C24H31BrO4S. The van der Waals surface area contributed by atoms with E-state index in [0.717, 1.165) is 54.3 Å². The van der Waals surface area contributed by atoms with Gasteiger partial charge in [0.25, 0.3) is 10.1 Å². The maximum atomic E-state index is 12.4. The lowest BCUT2D eigenvalue weighted by molar-refractivity contribution is 0.121. The van der Waals surface area contributed by atoms with Crippen LogP contribution in [0.5, 0.6) is 5.75 Å². The Bertz CT molecular complexity index is 932. The number of ether oxygens (including phenoxy) is 1. The van der Waals surface area contributed by atoms with Gasteiger partial charge in [0.05, 0.1) is 17.1 Å². The number of hydrogen-bond acceptors (Lipinski definition) is 4. The second-order valence-electron chi connectivity index (χ2n) is 8.42. The van der Waals surface area contributed by atoms with Crippen LogP contribution in [-0.2, 0) is 14.3 Å². The molecule has 164 valence electrons. The van der Waals surface area contributed by atoms with Crippen molar-refractivity contribution in [3.05, 3.63) is 58.1 Å². The average Bonchev–Trinajstić information content (AvgIpc) is 2.70. The third-order valence-electron chi connectivity index (χ3n) is 5.81. The van der Waals surface area contributed by atoms with Crippen molar-refractivity contribution in [3.63, 3.8) is 0 Å². The molecule has 0 aromatic heterocycles. The van der Waals surface area contributed by atoms with Gasteiger partial charge >= 0.3 is 0 Å². The quantitative estimate of drug-likeness (QED) is 0.389. The lowest BCUT2D eigenvalue weighted by atomic mass is 9.84. The number of hydrogen-bond donors (Lipinski definition) is 0. The zero-order valence-electron chi connectivity index (χ0n) is 17.9. The molecule has 30 heavy (non-hydrogen) atoms. The van der Waals surface area contributed by atoms with Gasteiger partial charge < -0.3 is 4.74 Å². The molecule has 2 aromatic carbocycles. The summed E-state index contributed by atoms with van der Waals surface area (Å²) in [5.74, 6) is 1.53. The van der Waals surface area contributed by atoms with Crippen molar-refractivity contribution in [2.75, 3.05) is 0 Å². The van der Waals surface area contributed by atoms with Gasteiger partial charge in [0.15, 0.2) is 0 Å². The van der Waals surface area contributed by atoms with Crippen molar-refractivity contribution < 1.29 is 17.3 Å². The molecular weight excluding hydrogens is 464 g/mol. The molecule has 0 N–H and O–H groups in total. The van der Waals surface area contributed by atoms with E-state index in [1.54, 1.807) is 24.3 Å². The van der Waals surface area contributed by atoms with Crippen LogP contribution >= 0.6 is 15.9 Å². The van der Waals surface area contributed by atoms with E-state index in [1.165, 1.54) is 5.56 Å². The highest BCUT2D eigenvalue weighted by Crippen LogP contribution is 2.32. The molecule has 0 heterocycles. The maximum absolute atomic E-state index is 12.4. The summed E-state index contributed by atoms with van der Waals surface area (Å²) in [5, 5.41) is 0. The van der Waals surface area contributed by atoms with Crippen LogP contribution in [-0.4, -0.2) is 20.6 Å². The Labute approximate surface area is 189 Å². The maximum Gasteiger partial charge on any atom is 0.297 e. The van der Waals surface area contributed by atoms with Crippen molar-refractivity contribution in [2.24, 2.45) is 5.92 Å². The highest BCUT2D eigenvalue weighted by molar-refractivity contribution is 9.10. The normalized spacial score (nSPS) is 20.7. The lowest BCUT2D eigenvalue weighted by Crippen LogP contribution is -2.25. The zero-order valence-corrected chi connectivity index (χ0v) is 20.3. The molecule has 6 heteroatoms. The summed E-state index contributed by atoms with van der Waals surface area (Å²) in [5.41, 5.74) is 2.20. The van der Waals surface area contributed by atoms with Crippen molar-refractivity contribution in [2.45, 2.75) is 76.4 Å². The molecule has 0 unspecified atom stereocenters. The standard InChI is InChI=1S/C24H31BrO4S/c1-17-4-13-23(14-5-17)30(26,27)29-19(3)6-7-20-8-10-21(11-9-20)28-22-12-15-24(25)18(2)16-22/h4-5,12-16,19-21H,6-11H2,1-3H3/t19-,20?,21?/m1/s1. The summed E-state index contributed by atoms with van der Waals surface area (Å²) in [6.07, 6.45) is 5.96. The topological polar surface area (TPSA) is 52.6 Å². The van der Waals surface area contributed by atoms with Crippen LogP contribution in [0, 0.1) is 19.8 Å². The minimum absolute atomic E-state index is 0.223. The lowest BCUT2D eigenvalue weighted by Gasteiger charge is -2.29. The van der Waals surface area contributed by atoms with Crippen molar-refractivity contribution in [3.8, 4) is 5.75 Å². The first-order valence-corrected chi connectivity index (χ1v) is 12.9. The molecule has 1 saturated carbocycles. The fourth-order valence-corrected chi connectivity index (χ4v) is 5.27. The number of halogens is 1. The van der Waals surface area contributed by atoms with Gasteiger partial charge in [-0.3, -0.25) is 4.18 Å². The van der Waals surface area contributed by atoms with Gasteiger partial charge in [-0.15, -0.1) is 0 Å². The van der Waals surface area contributed by atoms with E-state index in [1.807, 2.05) is 26.0 Å². The van der Waals surface area contributed by atoms with E-state index in [2.05, 4.69) is 28.9 Å². The van der Waals surface area contributed by atoms with E-state index in [0.29, 0.717) is 5.92 Å².